The van der Waals surface area contributed by atoms with Crippen LogP contribution < -0.4 is 5.73 Å². The lowest BCUT2D eigenvalue weighted by Crippen LogP contribution is -2.29. The van der Waals surface area contributed by atoms with Gasteiger partial charge in [-0.15, -0.1) is 0 Å². The maximum absolute atomic E-state index is 11.7. The van der Waals surface area contributed by atoms with Crippen LogP contribution in [0.5, 0.6) is 0 Å². The third kappa shape index (κ3) is 4.54. The Labute approximate surface area is 102 Å². The highest BCUT2D eigenvalue weighted by Gasteiger charge is 2.19. The topological polar surface area (TPSA) is 61.5 Å². The highest BCUT2D eigenvalue weighted by atomic mass is 16.6. The van der Waals surface area contributed by atoms with E-state index < -0.39 is 12.0 Å². The van der Waals surface area contributed by atoms with Gasteiger partial charge in [0.05, 0.1) is 6.61 Å². The average molecular weight is 237 g/mol. The second-order valence-corrected chi connectivity index (χ2v) is 3.80. The monoisotopic (exact) mass is 237 g/mol. The number of hydrogen-bond donors (Lipinski definition) is 1. The Hall–Kier alpha value is -1.39. The summed E-state index contributed by atoms with van der Waals surface area (Å²) in [5.41, 5.74) is 6.55. The Bertz CT molecular complexity index is 340. The van der Waals surface area contributed by atoms with Gasteiger partial charge in [-0.05, 0) is 19.4 Å². The Balaban J connectivity index is 2.47. The zero-order valence-corrected chi connectivity index (χ0v) is 10.3. The lowest BCUT2D eigenvalue weighted by atomic mass is 10.1. The second kappa shape index (κ2) is 7.04. The van der Waals surface area contributed by atoms with Gasteiger partial charge in [0.1, 0.15) is 12.1 Å². The molecule has 0 saturated heterocycles. The van der Waals surface area contributed by atoms with Crippen LogP contribution in [0.3, 0.4) is 0 Å². The highest BCUT2D eigenvalue weighted by Crippen LogP contribution is 2.12. The molecule has 2 N–H and O–H groups in total. The summed E-state index contributed by atoms with van der Waals surface area (Å²) < 4.78 is 10.3. The van der Waals surface area contributed by atoms with Crippen molar-refractivity contribution in [3.05, 3.63) is 35.9 Å². The molecular formula is C13H19NO3. The number of benzene rings is 1. The fourth-order valence-electron chi connectivity index (χ4n) is 1.39. The minimum atomic E-state index is -0.736. The van der Waals surface area contributed by atoms with E-state index in [1.165, 1.54) is 0 Å². The minimum absolute atomic E-state index is 0.280. The molecule has 0 heterocycles. The number of esters is 1. The average Bonchev–Trinajstić information content (AvgIpc) is 2.36. The van der Waals surface area contributed by atoms with Gasteiger partial charge in [-0.3, -0.25) is 0 Å². The predicted molar refractivity (Wildman–Crippen MR) is 65.4 cm³/mol. The van der Waals surface area contributed by atoms with Crippen molar-refractivity contribution in [2.24, 2.45) is 5.73 Å². The Morgan fingerprint density at radius 1 is 1.35 bits per heavy atom. The number of ether oxygens (including phenoxy) is 2. The van der Waals surface area contributed by atoms with Gasteiger partial charge >= 0.3 is 5.97 Å². The van der Waals surface area contributed by atoms with E-state index >= 15 is 0 Å². The van der Waals surface area contributed by atoms with Gasteiger partial charge in [0.15, 0.2) is 0 Å². The van der Waals surface area contributed by atoms with Crippen LogP contribution in [-0.2, 0) is 14.3 Å². The van der Waals surface area contributed by atoms with E-state index in [9.17, 15) is 4.79 Å². The van der Waals surface area contributed by atoms with E-state index in [2.05, 4.69) is 0 Å². The predicted octanol–water partition coefficient (Wildman–Crippen LogP) is 1.65. The molecule has 0 saturated carbocycles. The fourth-order valence-corrected chi connectivity index (χ4v) is 1.39. The summed E-state index contributed by atoms with van der Waals surface area (Å²) in [5.74, 6) is -0.427. The van der Waals surface area contributed by atoms with Gasteiger partial charge in [0.25, 0.3) is 0 Å². The van der Waals surface area contributed by atoms with Crippen molar-refractivity contribution in [1.82, 2.24) is 0 Å². The molecule has 0 aliphatic carbocycles. The molecule has 1 aromatic rings. The molecule has 0 spiro atoms. The summed E-state index contributed by atoms with van der Waals surface area (Å²) >= 11 is 0. The van der Waals surface area contributed by atoms with Crippen molar-refractivity contribution in [1.29, 1.82) is 0 Å². The summed E-state index contributed by atoms with van der Waals surface area (Å²) in [6, 6.07) is 8.43. The molecule has 4 heteroatoms. The van der Waals surface area contributed by atoms with Crippen molar-refractivity contribution in [2.75, 3.05) is 13.2 Å². The van der Waals surface area contributed by atoms with Gasteiger partial charge in [0.2, 0.25) is 0 Å². The molecule has 0 amide bonds. The molecule has 1 aromatic carbocycles. The van der Waals surface area contributed by atoms with Crippen LogP contribution in [0.15, 0.2) is 30.3 Å². The third-order valence-electron chi connectivity index (χ3n) is 2.29. The first kappa shape index (κ1) is 13.7. The number of carbonyl (C=O) groups is 1. The van der Waals surface area contributed by atoms with E-state index in [-0.39, 0.29) is 6.10 Å². The van der Waals surface area contributed by atoms with Crippen LogP contribution >= 0.6 is 0 Å². The maximum atomic E-state index is 11.7. The van der Waals surface area contributed by atoms with Gasteiger partial charge in [0, 0.05) is 6.61 Å². The largest absolute Gasteiger partial charge is 0.459 e. The standard InChI is InChI=1S/C13H19NO3/c1-3-16-9-10(2)17-13(15)12(14)11-7-5-4-6-8-11/h4-8,10,12H,3,9,14H2,1-2H3/t10?,12-/m1/s1. The molecule has 17 heavy (non-hydrogen) atoms. The Kier molecular flexibility index (Phi) is 5.66. The molecule has 2 atom stereocenters. The fraction of sp³-hybridized carbons (Fsp3) is 0.462. The first-order valence-corrected chi connectivity index (χ1v) is 5.74. The van der Waals surface area contributed by atoms with E-state index in [1.807, 2.05) is 25.1 Å². The molecule has 0 aliphatic heterocycles. The van der Waals surface area contributed by atoms with E-state index in [0.717, 1.165) is 5.56 Å². The molecule has 1 rings (SSSR count). The van der Waals surface area contributed by atoms with Gasteiger partial charge in [-0.2, -0.15) is 0 Å². The molecule has 0 aromatic heterocycles. The van der Waals surface area contributed by atoms with Crippen LogP contribution in [-0.4, -0.2) is 25.3 Å². The maximum Gasteiger partial charge on any atom is 0.327 e. The zero-order valence-electron chi connectivity index (χ0n) is 10.3. The zero-order chi connectivity index (χ0) is 12.7. The molecule has 94 valence electrons. The highest BCUT2D eigenvalue weighted by molar-refractivity contribution is 5.77. The quantitative estimate of drug-likeness (QED) is 0.764. The Morgan fingerprint density at radius 2 is 2.00 bits per heavy atom. The molecule has 0 fully saturated rings. The summed E-state index contributed by atoms with van der Waals surface area (Å²) in [6.07, 6.45) is -0.280. The first-order valence-electron chi connectivity index (χ1n) is 5.74. The van der Waals surface area contributed by atoms with Crippen LogP contribution in [0, 0.1) is 0 Å². The SMILES string of the molecule is CCOCC(C)OC(=O)[C@H](N)c1ccccc1. The summed E-state index contributed by atoms with van der Waals surface area (Å²) in [7, 11) is 0. The van der Waals surface area contributed by atoms with E-state index in [0.29, 0.717) is 13.2 Å². The molecule has 1 unspecified atom stereocenters. The smallest absolute Gasteiger partial charge is 0.327 e. The first-order chi connectivity index (χ1) is 8.15. The normalized spacial score (nSPS) is 14.1. The third-order valence-corrected chi connectivity index (χ3v) is 2.29. The summed E-state index contributed by atoms with van der Waals surface area (Å²) in [4.78, 5) is 11.7. The van der Waals surface area contributed by atoms with Crippen LogP contribution in [0.1, 0.15) is 25.5 Å². The van der Waals surface area contributed by atoms with Gasteiger partial charge in [-0.1, -0.05) is 30.3 Å². The number of nitrogens with two attached hydrogens (primary N) is 1. The van der Waals surface area contributed by atoms with Gasteiger partial charge in [-0.25, -0.2) is 4.79 Å². The number of hydrogen-bond acceptors (Lipinski definition) is 4. The number of carbonyl (C=O) groups excluding carboxylic acids is 1. The lowest BCUT2D eigenvalue weighted by Gasteiger charge is -2.16. The summed E-state index contributed by atoms with van der Waals surface area (Å²) in [5, 5.41) is 0. The molecule has 0 bridgehead atoms. The van der Waals surface area contributed by atoms with Crippen molar-refractivity contribution in [3.8, 4) is 0 Å². The van der Waals surface area contributed by atoms with Crippen LogP contribution in [0.2, 0.25) is 0 Å². The second-order valence-electron chi connectivity index (χ2n) is 3.80. The van der Waals surface area contributed by atoms with Crippen molar-refractivity contribution < 1.29 is 14.3 Å². The van der Waals surface area contributed by atoms with Crippen molar-refractivity contribution >= 4 is 5.97 Å². The summed E-state index contributed by atoms with van der Waals surface area (Å²) in [6.45, 7) is 4.67. The van der Waals surface area contributed by atoms with E-state index in [1.54, 1.807) is 19.1 Å². The molecule has 0 radical (unpaired) electrons. The number of rotatable bonds is 6. The van der Waals surface area contributed by atoms with E-state index in [4.69, 9.17) is 15.2 Å². The molecule has 4 nitrogen and oxygen atoms in total. The van der Waals surface area contributed by atoms with Crippen LogP contribution in [0.4, 0.5) is 0 Å². The van der Waals surface area contributed by atoms with Gasteiger partial charge < -0.3 is 15.2 Å². The molecular weight excluding hydrogens is 218 g/mol. The van der Waals surface area contributed by atoms with Crippen LogP contribution in [0.25, 0.3) is 0 Å². The minimum Gasteiger partial charge on any atom is -0.459 e. The Morgan fingerprint density at radius 3 is 2.59 bits per heavy atom. The van der Waals surface area contributed by atoms with Crippen molar-refractivity contribution in [3.63, 3.8) is 0 Å². The lowest BCUT2D eigenvalue weighted by molar-refractivity contribution is -0.152. The molecule has 0 aliphatic rings. The van der Waals surface area contributed by atoms with Crippen molar-refractivity contribution in [2.45, 2.75) is 26.0 Å².